The van der Waals surface area contributed by atoms with Crippen LogP contribution < -0.4 is 20.1 Å². The highest BCUT2D eigenvalue weighted by atomic mass is 16.5. The normalized spacial score (nSPS) is 20.9. The minimum absolute atomic E-state index is 0.213. The molecule has 0 bridgehead atoms. The molecule has 5 aliphatic rings. The third-order valence-electron chi connectivity index (χ3n) is 12.2. The van der Waals surface area contributed by atoms with Crippen LogP contribution in [0.5, 0.6) is 11.5 Å². The first-order chi connectivity index (χ1) is 29.2. The molecule has 3 fully saturated rings. The van der Waals surface area contributed by atoms with E-state index in [-0.39, 0.29) is 49.6 Å². The Kier molecular flexibility index (Phi) is 10.9. The lowest BCUT2D eigenvalue weighted by atomic mass is 10.0. The number of carbonyl (C=O) groups excluding carboxylic acids is 6. The number of amides is 6. The lowest BCUT2D eigenvalue weighted by Gasteiger charge is -2.34. The number of piperidine rings is 2. The van der Waals surface area contributed by atoms with E-state index in [2.05, 4.69) is 69.0 Å². The van der Waals surface area contributed by atoms with E-state index in [0.717, 1.165) is 61.5 Å². The highest BCUT2D eigenvalue weighted by Crippen LogP contribution is 2.35. The predicted octanol–water partition coefficient (Wildman–Crippen LogP) is 3.68. The van der Waals surface area contributed by atoms with E-state index in [9.17, 15) is 28.8 Å². The van der Waals surface area contributed by atoms with Gasteiger partial charge in [0.15, 0.2) is 0 Å². The molecule has 6 amide bonds. The van der Waals surface area contributed by atoms with Crippen molar-refractivity contribution in [2.24, 2.45) is 0 Å². The zero-order chi connectivity index (χ0) is 41.3. The minimum atomic E-state index is -0.666. The average molecular weight is 811 g/mol. The van der Waals surface area contributed by atoms with Crippen LogP contribution in [0.15, 0.2) is 84.9 Å². The molecule has 2 unspecified atom stereocenters. The maximum Gasteiger partial charge on any atom is 0.255 e. The summed E-state index contributed by atoms with van der Waals surface area (Å²) in [5.41, 5.74) is 7.09. The molecule has 2 N–H and O–H groups in total. The van der Waals surface area contributed by atoms with Crippen molar-refractivity contribution >= 4 is 35.4 Å². The van der Waals surface area contributed by atoms with Gasteiger partial charge in [0.25, 0.3) is 11.8 Å². The SMILES string of the molecule is O=C1CCC(N2Cc3c(OCc4ccc(CN5CCN(Cc6ccc(COc7cccc8c7CN(C7CCC(=O)NC7=O)C8=O)cc6)CC5)cc4)cccc3C2=O)C(=O)N1. The van der Waals surface area contributed by atoms with Crippen LogP contribution in [0.25, 0.3) is 0 Å². The smallest absolute Gasteiger partial charge is 0.255 e. The third kappa shape index (κ3) is 8.12. The molecule has 4 aromatic carbocycles. The van der Waals surface area contributed by atoms with E-state index in [1.165, 1.54) is 20.9 Å². The van der Waals surface area contributed by atoms with Crippen LogP contribution in [-0.2, 0) is 58.6 Å². The molecule has 0 saturated carbocycles. The van der Waals surface area contributed by atoms with Crippen molar-refractivity contribution in [1.29, 1.82) is 0 Å². The number of nitrogens with zero attached hydrogens (tertiary/aromatic N) is 4. The second kappa shape index (κ2) is 16.7. The van der Waals surface area contributed by atoms with Crippen molar-refractivity contribution in [3.05, 3.63) is 129 Å². The van der Waals surface area contributed by atoms with E-state index in [4.69, 9.17) is 9.47 Å². The Morgan fingerprint density at radius 1 is 0.500 bits per heavy atom. The summed E-state index contributed by atoms with van der Waals surface area (Å²) < 4.78 is 12.4. The molecule has 9 rings (SSSR count). The summed E-state index contributed by atoms with van der Waals surface area (Å²) in [5, 5.41) is 4.70. The molecule has 5 aliphatic heterocycles. The number of carbonyl (C=O) groups is 6. The molecule has 60 heavy (non-hydrogen) atoms. The first-order valence-electron chi connectivity index (χ1n) is 20.6. The zero-order valence-electron chi connectivity index (χ0n) is 33.2. The Morgan fingerprint density at radius 3 is 1.27 bits per heavy atom. The van der Waals surface area contributed by atoms with Crippen molar-refractivity contribution in [3.63, 3.8) is 0 Å². The second-order valence-electron chi connectivity index (χ2n) is 16.1. The molecule has 0 aromatic heterocycles. The molecule has 14 nitrogen and oxygen atoms in total. The van der Waals surface area contributed by atoms with Gasteiger partial charge in [-0.05, 0) is 59.4 Å². The van der Waals surface area contributed by atoms with E-state index >= 15 is 0 Å². The molecular weight excluding hydrogens is 765 g/mol. The molecule has 0 radical (unpaired) electrons. The van der Waals surface area contributed by atoms with Gasteiger partial charge in [0.1, 0.15) is 36.8 Å². The van der Waals surface area contributed by atoms with Crippen molar-refractivity contribution < 1.29 is 38.2 Å². The molecule has 0 spiro atoms. The molecule has 4 aromatic rings. The van der Waals surface area contributed by atoms with Crippen LogP contribution in [0.1, 0.15) is 79.8 Å². The first kappa shape index (κ1) is 39.1. The summed E-state index contributed by atoms with van der Waals surface area (Å²) in [7, 11) is 0. The van der Waals surface area contributed by atoms with Gasteiger partial charge in [-0.2, -0.15) is 0 Å². The van der Waals surface area contributed by atoms with E-state index in [0.29, 0.717) is 48.7 Å². The van der Waals surface area contributed by atoms with Crippen molar-refractivity contribution in [2.45, 2.75) is 77.2 Å². The topological polar surface area (TPSA) is 158 Å². The van der Waals surface area contributed by atoms with E-state index < -0.39 is 23.9 Å². The molecule has 2 atom stereocenters. The third-order valence-corrected chi connectivity index (χ3v) is 12.2. The number of benzene rings is 4. The zero-order valence-corrected chi connectivity index (χ0v) is 33.2. The predicted molar refractivity (Wildman–Crippen MR) is 217 cm³/mol. The van der Waals surface area contributed by atoms with Gasteiger partial charge in [0.05, 0.1) is 13.1 Å². The van der Waals surface area contributed by atoms with Crippen molar-refractivity contribution in [2.75, 3.05) is 26.2 Å². The van der Waals surface area contributed by atoms with Gasteiger partial charge in [0, 0.05) is 74.4 Å². The quantitative estimate of drug-likeness (QED) is 0.203. The van der Waals surface area contributed by atoms with Crippen LogP contribution in [-0.4, -0.2) is 93.3 Å². The van der Waals surface area contributed by atoms with Gasteiger partial charge >= 0.3 is 0 Å². The lowest BCUT2D eigenvalue weighted by Crippen LogP contribution is -2.52. The fourth-order valence-electron chi connectivity index (χ4n) is 8.81. The number of piperazine rings is 1. The molecule has 14 heteroatoms. The highest BCUT2D eigenvalue weighted by Gasteiger charge is 2.41. The maximum atomic E-state index is 13.2. The monoisotopic (exact) mass is 810 g/mol. The number of hydrogen-bond donors (Lipinski definition) is 2. The van der Waals surface area contributed by atoms with Crippen LogP contribution in [0, 0.1) is 0 Å². The van der Waals surface area contributed by atoms with Gasteiger partial charge < -0.3 is 19.3 Å². The summed E-state index contributed by atoms with van der Waals surface area (Å²) >= 11 is 0. The van der Waals surface area contributed by atoms with Crippen LogP contribution in [0.2, 0.25) is 0 Å². The fourth-order valence-corrected chi connectivity index (χ4v) is 8.81. The summed E-state index contributed by atoms with van der Waals surface area (Å²) in [6, 6.07) is 26.3. The average Bonchev–Trinajstić information content (AvgIpc) is 3.77. The second-order valence-corrected chi connectivity index (χ2v) is 16.1. The molecule has 308 valence electrons. The number of ether oxygens (including phenoxy) is 2. The molecule has 5 heterocycles. The Labute approximate surface area is 347 Å². The number of nitrogens with one attached hydrogen (secondary N) is 2. The van der Waals surface area contributed by atoms with Gasteiger partial charge in [-0.1, -0.05) is 60.7 Å². The highest BCUT2D eigenvalue weighted by molar-refractivity contribution is 6.06. The van der Waals surface area contributed by atoms with Crippen LogP contribution >= 0.6 is 0 Å². The Bertz CT molecular complexity index is 2190. The summed E-state index contributed by atoms with van der Waals surface area (Å²) in [5.74, 6) is -0.668. The van der Waals surface area contributed by atoms with Gasteiger partial charge in [0.2, 0.25) is 23.6 Å². The number of fused-ring (bicyclic) bond motifs is 2. The van der Waals surface area contributed by atoms with Gasteiger partial charge in [-0.15, -0.1) is 0 Å². The lowest BCUT2D eigenvalue weighted by molar-refractivity contribution is -0.138. The maximum absolute atomic E-state index is 13.2. The van der Waals surface area contributed by atoms with E-state index in [1.54, 1.807) is 24.3 Å². The van der Waals surface area contributed by atoms with Crippen molar-refractivity contribution in [1.82, 2.24) is 30.2 Å². The summed E-state index contributed by atoms with van der Waals surface area (Å²) in [6.45, 7) is 6.83. The van der Waals surface area contributed by atoms with Gasteiger partial charge in [-0.25, -0.2) is 0 Å². The Balaban J connectivity index is 0.713. The summed E-state index contributed by atoms with van der Waals surface area (Å²) in [4.78, 5) is 82.6. The first-order valence-corrected chi connectivity index (χ1v) is 20.6. The van der Waals surface area contributed by atoms with Crippen LogP contribution in [0.4, 0.5) is 0 Å². The minimum Gasteiger partial charge on any atom is -0.489 e. The standard InChI is InChI=1S/C46H46N6O8/c53-41-17-15-37(43(55)47-41)51-25-35-33(45(51)57)3-1-5-39(35)59-27-31-11-7-29(8-12-31)23-49-19-21-50(22-20-49)24-30-9-13-32(14-10-30)28-60-40-6-2-4-34-36(40)26-52(46(34)58)38-16-18-42(54)48-44(38)56/h1-14,37-38H,15-28H2,(H,47,53,55)(H,48,54,56). The molecular formula is C46H46N6O8. The van der Waals surface area contributed by atoms with Gasteiger partial charge in [-0.3, -0.25) is 49.2 Å². The number of imide groups is 2. The van der Waals surface area contributed by atoms with Crippen LogP contribution in [0.3, 0.4) is 0 Å². The number of hydrogen-bond acceptors (Lipinski definition) is 10. The Hall–Kier alpha value is -6.38. The Morgan fingerprint density at radius 2 is 0.883 bits per heavy atom. The largest absolute Gasteiger partial charge is 0.489 e. The molecule has 3 saturated heterocycles. The van der Waals surface area contributed by atoms with E-state index in [1.807, 2.05) is 12.1 Å². The molecule has 0 aliphatic carbocycles. The fraction of sp³-hybridized carbons (Fsp3) is 0.348. The summed E-state index contributed by atoms with van der Waals surface area (Å²) in [6.07, 6.45) is 1.06. The number of rotatable bonds is 12. The van der Waals surface area contributed by atoms with Crippen molar-refractivity contribution in [3.8, 4) is 11.5 Å².